The van der Waals surface area contributed by atoms with Gasteiger partial charge in [-0.25, -0.2) is 9.59 Å². The number of urea groups is 1. The van der Waals surface area contributed by atoms with E-state index in [2.05, 4.69) is 43.1 Å². The molecule has 1 aliphatic heterocycles. The normalized spacial score (nSPS) is 19.0. The maximum Gasteiger partial charge on any atom is 0.416 e. The number of benzene rings is 4. The Morgan fingerprint density at radius 3 is 2.00 bits per heavy atom. The van der Waals surface area contributed by atoms with Crippen LogP contribution >= 0.6 is 0 Å². The molecule has 0 spiro atoms. The molecule has 0 aromatic heterocycles. The van der Waals surface area contributed by atoms with Crippen molar-refractivity contribution in [1.29, 1.82) is 0 Å². The number of amides is 2. The van der Waals surface area contributed by atoms with Gasteiger partial charge in [-0.15, -0.1) is 0 Å². The molecule has 2 fully saturated rings. The van der Waals surface area contributed by atoms with Crippen LogP contribution in [0, 0.1) is 11.8 Å². The van der Waals surface area contributed by atoms with Crippen LogP contribution in [0.25, 0.3) is 0 Å². The molecule has 1 saturated heterocycles. The summed E-state index contributed by atoms with van der Waals surface area (Å²) in [6.07, 6.45) is -5.39. The summed E-state index contributed by atoms with van der Waals surface area (Å²) in [6, 6.07) is 28.8. The van der Waals surface area contributed by atoms with Crippen LogP contribution < -0.4 is 14.8 Å². The number of halogens is 3. The number of hydrogen-bond donors (Lipinski definition) is 2. The first kappa shape index (κ1) is 36.8. The summed E-state index contributed by atoms with van der Waals surface area (Å²) < 4.78 is 51.1. The summed E-state index contributed by atoms with van der Waals surface area (Å²) in [5.74, 6) is 0.561. The third-order valence-corrected chi connectivity index (χ3v) is 9.78. The van der Waals surface area contributed by atoms with Gasteiger partial charge in [0.2, 0.25) is 0 Å². The number of ether oxygens (including phenoxy) is 2. The van der Waals surface area contributed by atoms with Crippen molar-refractivity contribution >= 4 is 17.7 Å². The van der Waals surface area contributed by atoms with E-state index in [0.717, 1.165) is 42.9 Å². The van der Waals surface area contributed by atoms with E-state index in [0.29, 0.717) is 23.3 Å². The quantitative estimate of drug-likeness (QED) is 0.145. The minimum atomic E-state index is -4.47. The summed E-state index contributed by atoms with van der Waals surface area (Å²) in [6.45, 7) is 9.31. The fraction of sp³-hybridized carbons (Fsp3) is 0.366. The van der Waals surface area contributed by atoms with Gasteiger partial charge < -0.3 is 24.8 Å². The van der Waals surface area contributed by atoms with Crippen LogP contribution in [-0.2, 0) is 29.4 Å². The highest BCUT2D eigenvalue weighted by Crippen LogP contribution is 2.49. The molecule has 8 nitrogen and oxygen atoms in total. The summed E-state index contributed by atoms with van der Waals surface area (Å²) in [7, 11) is 0. The number of carboxylic acids is 1. The van der Waals surface area contributed by atoms with Crippen LogP contribution in [0.3, 0.4) is 0 Å². The van der Waals surface area contributed by atoms with Crippen molar-refractivity contribution in [2.45, 2.75) is 57.5 Å². The van der Waals surface area contributed by atoms with Gasteiger partial charge in [0.15, 0.2) is 6.10 Å². The Morgan fingerprint density at radius 2 is 1.42 bits per heavy atom. The molecular formula is C41H44F3N3O5. The lowest BCUT2D eigenvalue weighted by molar-refractivity contribution is -0.145. The zero-order valence-corrected chi connectivity index (χ0v) is 29.5. The van der Waals surface area contributed by atoms with Crippen LogP contribution in [0.5, 0.6) is 11.5 Å². The second-order valence-corrected chi connectivity index (χ2v) is 14.6. The number of anilines is 1. The maximum absolute atomic E-state index is 13.6. The average Bonchev–Trinajstić information content (AvgIpc) is 3.58. The number of hydrogen-bond acceptors (Lipinski definition) is 5. The summed E-state index contributed by atoms with van der Waals surface area (Å²) in [5, 5.41) is 12.6. The monoisotopic (exact) mass is 715 g/mol. The zero-order chi connectivity index (χ0) is 37.0. The second-order valence-electron chi connectivity index (χ2n) is 14.6. The molecular weight excluding hydrogens is 671 g/mol. The van der Waals surface area contributed by atoms with E-state index in [4.69, 9.17) is 9.47 Å². The molecule has 4 aromatic carbocycles. The van der Waals surface area contributed by atoms with Crippen molar-refractivity contribution in [3.63, 3.8) is 0 Å². The Kier molecular flexibility index (Phi) is 10.8. The maximum atomic E-state index is 13.6. The summed E-state index contributed by atoms with van der Waals surface area (Å²) >= 11 is 0. The number of fused-ring (bicyclic) bond motifs is 1. The van der Waals surface area contributed by atoms with Crippen LogP contribution in [0.4, 0.5) is 23.7 Å². The van der Waals surface area contributed by atoms with Gasteiger partial charge in [0.1, 0.15) is 18.1 Å². The van der Waals surface area contributed by atoms with Gasteiger partial charge in [0.25, 0.3) is 0 Å². The molecule has 1 heterocycles. The number of piperidine rings is 1. The zero-order valence-electron chi connectivity index (χ0n) is 29.5. The SMILES string of the molecule is CC(C)(C)c1ccc(O[C@@H](Cc2ccc(OCCN(C(=O)Nc3ccc(C(F)(F)F)cc3)C3C4CN(Cc5ccccc5)CC43)cc2)C(=O)O)cc1. The van der Waals surface area contributed by atoms with E-state index in [1.54, 1.807) is 41.3 Å². The number of aliphatic carboxylic acids is 1. The van der Waals surface area contributed by atoms with Gasteiger partial charge >= 0.3 is 18.2 Å². The Balaban J connectivity index is 1.05. The number of carboxylic acid groups (broad SMARTS) is 1. The Hall–Kier alpha value is -5.03. The second kappa shape index (κ2) is 15.3. The Morgan fingerprint density at radius 1 is 0.827 bits per heavy atom. The predicted molar refractivity (Wildman–Crippen MR) is 192 cm³/mol. The first-order valence-corrected chi connectivity index (χ1v) is 17.5. The number of carbonyl (C=O) groups is 2. The van der Waals surface area contributed by atoms with Gasteiger partial charge in [0, 0.05) is 37.8 Å². The van der Waals surface area contributed by atoms with Crippen LogP contribution in [-0.4, -0.2) is 65.3 Å². The molecule has 52 heavy (non-hydrogen) atoms. The number of nitrogens with one attached hydrogen (secondary N) is 1. The smallest absolute Gasteiger partial charge is 0.416 e. The number of alkyl halides is 3. The predicted octanol–water partition coefficient (Wildman–Crippen LogP) is 8.12. The van der Waals surface area contributed by atoms with E-state index >= 15 is 0 Å². The highest BCUT2D eigenvalue weighted by Gasteiger charge is 2.59. The van der Waals surface area contributed by atoms with Crippen LogP contribution in [0.1, 0.15) is 43.0 Å². The van der Waals surface area contributed by atoms with Crippen molar-refractivity contribution in [2.75, 3.05) is 31.6 Å². The molecule has 274 valence electrons. The first-order valence-electron chi connectivity index (χ1n) is 17.5. The summed E-state index contributed by atoms with van der Waals surface area (Å²) in [5.41, 5.74) is 2.57. The van der Waals surface area contributed by atoms with Crippen molar-refractivity contribution in [3.05, 3.63) is 125 Å². The third kappa shape index (κ3) is 9.25. The fourth-order valence-corrected chi connectivity index (χ4v) is 6.91. The minimum Gasteiger partial charge on any atom is -0.492 e. The van der Waals surface area contributed by atoms with Crippen molar-refractivity contribution in [1.82, 2.24) is 9.80 Å². The van der Waals surface area contributed by atoms with Gasteiger partial charge in [0.05, 0.1) is 12.1 Å². The van der Waals surface area contributed by atoms with Crippen LogP contribution in [0.2, 0.25) is 0 Å². The largest absolute Gasteiger partial charge is 0.492 e. The molecule has 0 radical (unpaired) electrons. The Labute approximate surface area is 302 Å². The molecule has 11 heteroatoms. The van der Waals surface area contributed by atoms with Gasteiger partial charge in [-0.2, -0.15) is 13.2 Å². The number of nitrogens with zero attached hydrogens (tertiary/aromatic N) is 2. The third-order valence-electron chi connectivity index (χ3n) is 9.78. The standard InChI is InChI=1S/C41H44F3N3O5/c1-40(2,3)29-13-19-33(20-14-29)52-36(38(48)49)23-27-9-17-32(18-10-27)51-22-21-47(39(50)45-31-15-11-30(12-16-31)41(42,43)44)37-34-25-46(26-35(34)37)24-28-7-5-4-6-8-28/h4-20,34-37H,21-26H2,1-3H3,(H,45,50)(H,48,49)/t34?,35?,36-,37?/m0/s1. The minimum absolute atomic E-state index is 0.00920. The van der Waals surface area contributed by atoms with E-state index in [-0.39, 0.29) is 42.7 Å². The lowest BCUT2D eigenvalue weighted by atomic mass is 9.87. The van der Waals surface area contributed by atoms with E-state index in [1.165, 1.54) is 17.7 Å². The highest BCUT2D eigenvalue weighted by molar-refractivity contribution is 5.90. The van der Waals surface area contributed by atoms with Gasteiger partial charge in [-0.05, 0) is 82.5 Å². The first-order chi connectivity index (χ1) is 24.7. The number of likely N-dealkylation sites (tertiary alicyclic amines) is 1. The molecule has 4 aromatic rings. The van der Waals surface area contributed by atoms with Crippen molar-refractivity contribution in [3.8, 4) is 11.5 Å². The van der Waals surface area contributed by atoms with Gasteiger partial charge in [-0.1, -0.05) is 75.4 Å². The molecule has 2 N–H and O–H groups in total. The van der Waals surface area contributed by atoms with Crippen molar-refractivity contribution in [2.24, 2.45) is 11.8 Å². The van der Waals surface area contributed by atoms with Crippen LogP contribution in [0.15, 0.2) is 103 Å². The number of carbonyl (C=O) groups excluding carboxylic acids is 1. The molecule has 6 rings (SSSR count). The molecule has 1 saturated carbocycles. The lowest BCUT2D eigenvalue weighted by Gasteiger charge is -2.28. The molecule has 2 unspecified atom stereocenters. The number of rotatable bonds is 13. The molecule has 1 aliphatic carbocycles. The van der Waals surface area contributed by atoms with E-state index in [1.807, 2.05) is 30.3 Å². The highest BCUT2D eigenvalue weighted by atomic mass is 19.4. The molecule has 2 aliphatic rings. The van der Waals surface area contributed by atoms with E-state index in [9.17, 15) is 27.9 Å². The molecule has 3 atom stereocenters. The van der Waals surface area contributed by atoms with Gasteiger partial charge in [-0.3, -0.25) is 4.90 Å². The van der Waals surface area contributed by atoms with Crippen molar-refractivity contribution < 1.29 is 37.3 Å². The average molecular weight is 716 g/mol. The summed E-state index contributed by atoms with van der Waals surface area (Å²) in [4.78, 5) is 29.7. The molecule has 0 bridgehead atoms. The van der Waals surface area contributed by atoms with E-state index < -0.39 is 23.8 Å². The Bertz CT molecular complexity index is 1800. The molecule has 2 amide bonds. The lowest BCUT2D eigenvalue weighted by Crippen LogP contribution is -2.43. The fourth-order valence-electron chi connectivity index (χ4n) is 6.91. The topological polar surface area (TPSA) is 91.3 Å².